The molecule has 1 unspecified atom stereocenters. The average Bonchev–Trinajstić information content (AvgIpc) is 2.45. The number of hydrogen-bond donors (Lipinski definition) is 3. The fourth-order valence-corrected chi connectivity index (χ4v) is 2.91. The SMILES string of the molecule is CCC(NC(=O)NCCCCC(=O)O)C1CCCCC1. The maximum atomic E-state index is 11.8. The minimum Gasteiger partial charge on any atom is -0.481 e. The summed E-state index contributed by atoms with van der Waals surface area (Å²) >= 11 is 0. The zero-order chi connectivity index (χ0) is 14.8. The van der Waals surface area contributed by atoms with E-state index in [0.29, 0.717) is 25.3 Å². The van der Waals surface area contributed by atoms with Crippen LogP contribution in [0.25, 0.3) is 0 Å². The van der Waals surface area contributed by atoms with Gasteiger partial charge in [-0.1, -0.05) is 26.2 Å². The number of carboxylic acid groups (broad SMARTS) is 1. The molecule has 0 saturated heterocycles. The van der Waals surface area contributed by atoms with Crippen LogP contribution >= 0.6 is 0 Å². The van der Waals surface area contributed by atoms with Crippen molar-refractivity contribution >= 4 is 12.0 Å². The van der Waals surface area contributed by atoms with Gasteiger partial charge in [0.15, 0.2) is 0 Å². The van der Waals surface area contributed by atoms with Crippen LogP contribution in [0, 0.1) is 5.92 Å². The van der Waals surface area contributed by atoms with Crippen molar-refractivity contribution in [2.75, 3.05) is 6.54 Å². The summed E-state index contributed by atoms with van der Waals surface area (Å²) < 4.78 is 0. The summed E-state index contributed by atoms with van der Waals surface area (Å²) in [5.74, 6) is -0.163. The first-order chi connectivity index (χ1) is 9.63. The number of aliphatic carboxylic acids is 1. The number of unbranched alkanes of at least 4 members (excludes halogenated alkanes) is 1. The molecule has 1 aliphatic rings. The average molecular weight is 284 g/mol. The van der Waals surface area contributed by atoms with E-state index in [9.17, 15) is 9.59 Å². The zero-order valence-electron chi connectivity index (χ0n) is 12.5. The Kier molecular flexibility index (Phi) is 8.07. The molecule has 20 heavy (non-hydrogen) atoms. The van der Waals surface area contributed by atoms with Gasteiger partial charge in [0.05, 0.1) is 0 Å². The molecule has 1 fully saturated rings. The normalized spacial score (nSPS) is 17.4. The van der Waals surface area contributed by atoms with Gasteiger partial charge in [-0.15, -0.1) is 0 Å². The second-order valence-electron chi connectivity index (χ2n) is 5.66. The molecule has 3 N–H and O–H groups in total. The quantitative estimate of drug-likeness (QED) is 0.600. The standard InChI is InChI=1S/C15H28N2O3/c1-2-13(12-8-4-3-5-9-12)17-15(20)16-11-7-6-10-14(18)19/h12-13H,2-11H2,1H3,(H,18,19)(H2,16,17,20). The van der Waals surface area contributed by atoms with Gasteiger partial charge in [0, 0.05) is 19.0 Å². The van der Waals surface area contributed by atoms with Gasteiger partial charge in [0.25, 0.3) is 0 Å². The Balaban J connectivity index is 2.16. The number of carbonyl (C=O) groups is 2. The van der Waals surface area contributed by atoms with Crippen molar-refractivity contribution < 1.29 is 14.7 Å². The maximum Gasteiger partial charge on any atom is 0.315 e. The fraction of sp³-hybridized carbons (Fsp3) is 0.867. The largest absolute Gasteiger partial charge is 0.481 e. The summed E-state index contributed by atoms with van der Waals surface area (Å²) in [6, 6.07) is 0.159. The first kappa shape index (κ1) is 16.8. The Morgan fingerprint density at radius 3 is 2.50 bits per heavy atom. The number of nitrogens with one attached hydrogen (secondary N) is 2. The molecule has 5 nitrogen and oxygen atoms in total. The second kappa shape index (κ2) is 9.61. The third-order valence-corrected chi connectivity index (χ3v) is 4.08. The van der Waals surface area contributed by atoms with Gasteiger partial charge in [0.2, 0.25) is 0 Å². The molecule has 1 saturated carbocycles. The molecule has 0 bridgehead atoms. The summed E-state index contributed by atoms with van der Waals surface area (Å²) in [6.07, 6.45) is 8.77. The topological polar surface area (TPSA) is 78.4 Å². The molecule has 2 amide bonds. The number of carbonyl (C=O) groups excluding carboxylic acids is 1. The van der Waals surface area contributed by atoms with Gasteiger partial charge >= 0.3 is 12.0 Å². The minimum atomic E-state index is -0.780. The third-order valence-electron chi connectivity index (χ3n) is 4.08. The van der Waals surface area contributed by atoms with E-state index in [1.54, 1.807) is 0 Å². The molecule has 1 rings (SSSR count). The monoisotopic (exact) mass is 284 g/mol. The van der Waals surface area contributed by atoms with Gasteiger partial charge in [-0.05, 0) is 38.0 Å². The Hall–Kier alpha value is -1.26. The Morgan fingerprint density at radius 1 is 1.20 bits per heavy atom. The lowest BCUT2D eigenvalue weighted by Gasteiger charge is -2.30. The predicted molar refractivity (Wildman–Crippen MR) is 78.7 cm³/mol. The first-order valence-electron chi connectivity index (χ1n) is 7.89. The number of carboxylic acids is 1. The van der Waals surface area contributed by atoms with E-state index in [0.717, 1.165) is 6.42 Å². The van der Waals surface area contributed by atoms with Crippen LogP contribution in [0.3, 0.4) is 0 Å². The summed E-state index contributed by atoms with van der Waals surface area (Å²) in [5.41, 5.74) is 0. The van der Waals surface area contributed by atoms with Crippen molar-refractivity contribution in [3.63, 3.8) is 0 Å². The Bertz CT molecular complexity index is 301. The van der Waals surface area contributed by atoms with Crippen LogP contribution in [0.4, 0.5) is 4.79 Å². The molecule has 5 heteroatoms. The summed E-state index contributed by atoms with van der Waals surface area (Å²) in [4.78, 5) is 22.2. The number of hydrogen-bond acceptors (Lipinski definition) is 2. The second-order valence-corrected chi connectivity index (χ2v) is 5.66. The van der Waals surface area contributed by atoms with Crippen molar-refractivity contribution in [1.29, 1.82) is 0 Å². The highest BCUT2D eigenvalue weighted by molar-refractivity contribution is 5.74. The van der Waals surface area contributed by atoms with E-state index in [1.165, 1.54) is 32.1 Å². The molecule has 0 heterocycles. The van der Waals surface area contributed by atoms with E-state index < -0.39 is 5.97 Å². The molecule has 0 aromatic heterocycles. The number of urea groups is 1. The van der Waals surface area contributed by atoms with Crippen LogP contribution in [0.15, 0.2) is 0 Å². The lowest BCUT2D eigenvalue weighted by Crippen LogP contribution is -2.46. The van der Waals surface area contributed by atoms with Crippen LogP contribution in [0.1, 0.15) is 64.7 Å². The van der Waals surface area contributed by atoms with E-state index >= 15 is 0 Å². The van der Waals surface area contributed by atoms with Crippen LogP contribution < -0.4 is 10.6 Å². The number of rotatable bonds is 8. The molecule has 1 atom stereocenters. The fourth-order valence-electron chi connectivity index (χ4n) is 2.91. The predicted octanol–water partition coefficient (Wildman–Crippen LogP) is 2.90. The molecular weight excluding hydrogens is 256 g/mol. The lowest BCUT2D eigenvalue weighted by molar-refractivity contribution is -0.137. The van der Waals surface area contributed by atoms with Crippen LogP contribution in [-0.4, -0.2) is 29.7 Å². The molecule has 0 spiro atoms. The summed E-state index contributed by atoms with van der Waals surface area (Å²) in [7, 11) is 0. The van der Waals surface area contributed by atoms with Gasteiger partial charge in [-0.2, -0.15) is 0 Å². The van der Waals surface area contributed by atoms with Gasteiger partial charge in [-0.25, -0.2) is 4.79 Å². The van der Waals surface area contributed by atoms with E-state index in [2.05, 4.69) is 17.6 Å². The molecule has 116 valence electrons. The molecule has 0 aromatic rings. The Morgan fingerprint density at radius 2 is 1.90 bits per heavy atom. The minimum absolute atomic E-state index is 0.113. The lowest BCUT2D eigenvalue weighted by atomic mass is 9.83. The van der Waals surface area contributed by atoms with E-state index in [4.69, 9.17) is 5.11 Å². The van der Waals surface area contributed by atoms with Crippen LogP contribution in [-0.2, 0) is 4.79 Å². The van der Waals surface area contributed by atoms with Crippen molar-refractivity contribution in [2.45, 2.75) is 70.8 Å². The number of amides is 2. The van der Waals surface area contributed by atoms with Gasteiger partial charge in [-0.3, -0.25) is 4.79 Å². The molecule has 0 aliphatic heterocycles. The molecule has 0 aromatic carbocycles. The summed E-state index contributed by atoms with van der Waals surface area (Å²) in [6.45, 7) is 2.66. The van der Waals surface area contributed by atoms with Crippen molar-refractivity contribution in [2.24, 2.45) is 5.92 Å². The highest BCUT2D eigenvalue weighted by atomic mass is 16.4. The van der Waals surface area contributed by atoms with Gasteiger partial charge < -0.3 is 15.7 Å². The zero-order valence-corrected chi connectivity index (χ0v) is 12.5. The van der Waals surface area contributed by atoms with Crippen LogP contribution in [0.2, 0.25) is 0 Å². The highest BCUT2D eigenvalue weighted by Crippen LogP contribution is 2.27. The first-order valence-corrected chi connectivity index (χ1v) is 7.89. The molecule has 0 radical (unpaired) electrons. The smallest absolute Gasteiger partial charge is 0.315 e. The third kappa shape index (κ3) is 6.78. The van der Waals surface area contributed by atoms with E-state index in [1.807, 2.05) is 0 Å². The van der Waals surface area contributed by atoms with Gasteiger partial charge in [0.1, 0.15) is 0 Å². The Labute approximate surface area is 121 Å². The molecule has 1 aliphatic carbocycles. The maximum absolute atomic E-state index is 11.8. The summed E-state index contributed by atoms with van der Waals surface area (Å²) in [5, 5.41) is 14.4. The van der Waals surface area contributed by atoms with Crippen LogP contribution in [0.5, 0.6) is 0 Å². The highest BCUT2D eigenvalue weighted by Gasteiger charge is 2.23. The van der Waals surface area contributed by atoms with E-state index in [-0.39, 0.29) is 18.5 Å². The van der Waals surface area contributed by atoms with Crippen molar-refractivity contribution in [1.82, 2.24) is 10.6 Å². The van der Waals surface area contributed by atoms with Crippen molar-refractivity contribution in [3.8, 4) is 0 Å². The molecular formula is C15H28N2O3. The van der Waals surface area contributed by atoms with Crippen molar-refractivity contribution in [3.05, 3.63) is 0 Å².